The number of fused-ring (bicyclic) bond motifs is 1. The monoisotopic (exact) mass is 432 g/mol. The van der Waals surface area contributed by atoms with Crippen molar-refractivity contribution in [2.24, 2.45) is 0 Å². The first kappa shape index (κ1) is 20.6. The maximum absolute atomic E-state index is 12.9. The van der Waals surface area contributed by atoms with Gasteiger partial charge < -0.3 is 14.6 Å². The van der Waals surface area contributed by atoms with E-state index in [0.717, 1.165) is 31.2 Å². The highest BCUT2D eigenvalue weighted by Gasteiger charge is 2.20. The van der Waals surface area contributed by atoms with Gasteiger partial charge in [0.25, 0.3) is 5.76 Å². The van der Waals surface area contributed by atoms with Gasteiger partial charge in [-0.15, -0.1) is 0 Å². The van der Waals surface area contributed by atoms with Gasteiger partial charge in [0.2, 0.25) is 11.8 Å². The molecule has 0 aliphatic heterocycles. The van der Waals surface area contributed by atoms with Gasteiger partial charge in [-0.2, -0.15) is 8.78 Å². The van der Waals surface area contributed by atoms with Crippen molar-refractivity contribution in [2.75, 3.05) is 0 Å². The number of imidazole rings is 1. The Morgan fingerprint density at radius 2 is 2.03 bits per heavy atom. The number of thioether (sulfide) groups is 1. The summed E-state index contributed by atoms with van der Waals surface area (Å²) in [5.41, 5.74) is 2.01. The van der Waals surface area contributed by atoms with Crippen molar-refractivity contribution in [2.45, 2.75) is 55.8 Å². The minimum Gasteiger partial charge on any atom is -0.474 e. The maximum atomic E-state index is 12.9. The third-order valence-corrected chi connectivity index (χ3v) is 5.72. The smallest absolute Gasteiger partial charge is 0.291 e. The number of aromatic nitrogens is 3. The lowest BCUT2D eigenvalue weighted by molar-refractivity contribution is -0.121. The quantitative estimate of drug-likeness (QED) is 0.535. The first-order chi connectivity index (χ1) is 14.6. The molecule has 9 heteroatoms. The van der Waals surface area contributed by atoms with Crippen LogP contribution in [0.3, 0.4) is 0 Å². The summed E-state index contributed by atoms with van der Waals surface area (Å²) in [6.07, 6.45) is 6.17. The number of carbonyl (C=O) groups is 1. The Balaban J connectivity index is 1.45. The van der Waals surface area contributed by atoms with Crippen molar-refractivity contribution in [3.63, 3.8) is 0 Å². The summed E-state index contributed by atoms with van der Waals surface area (Å²) in [6.45, 7) is 0.146. The molecule has 1 aromatic carbocycles. The fourth-order valence-corrected chi connectivity index (χ4v) is 4.20. The number of rotatable bonds is 8. The second-order valence-corrected chi connectivity index (χ2v) is 8.07. The highest BCUT2D eigenvalue weighted by molar-refractivity contribution is 7.99. The van der Waals surface area contributed by atoms with Crippen molar-refractivity contribution >= 4 is 28.7 Å². The van der Waals surface area contributed by atoms with Crippen LogP contribution >= 0.6 is 11.8 Å². The number of pyridine rings is 1. The summed E-state index contributed by atoms with van der Waals surface area (Å²) < 4.78 is 33.4. The second-order valence-electron chi connectivity index (χ2n) is 7.12. The van der Waals surface area contributed by atoms with E-state index in [0.29, 0.717) is 28.7 Å². The van der Waals surface area contributed by atoms with E-state index in [1.165, 1.54) is 4.57 Å². The zero-order valence-corrected chi connectivity index (χ0v) is 17.1. The Hall–Kier alpha value is -2.68. The fourth-order valence-electron chi connectivity index (χ4n) is 3.60. The number of alkyl halides is 2. The highest BCUT2D eigenvalue weighted by Crippen LogP contribution is 2.28. The average Bonchev–Trinajstić information content (AvgIpc) is 3.35. The van der Waals surface area contributed by atoms with Crippen molar-refractivity contribution in [1.29, 1.82) is 0 Å². The number of para-hydroxylation sites is 2. The lowest BCUT2D eigenvalue weighted by atomic mass is 10.2. The molecule has 0 atom stereocenters. The van der Waals surface area contributed by atoms with Gasteiger partial charge in [-0.3, -0.25) is 4.79 Å². The first-order valence-electron chi connectivity index (χ1n) is 9.87. The van der Waals surface area contributed by atoms with E-state index in [1.807, 2.05) is 6.07 Å². The van der Waals surface area contributed by atoms with E-state index in [4.69, 9.17) is 4.74 Å². The van der Waals surface area contributed by atoms with Crippen LogP contribution in [0.15, 0.2) is 47.8 Å². The van der Waals surface area contributed by atoms with Gasteiger partial charge in [0, 0.05) is 18.3 Å². The number of benzene rings is 1. The fraction of sp³-hybridized carbons (Fsp3) is 0.381. The van der Waals surface area contributed by atoms with Gasteiger partial charge >= 0.3 is 0 Å². The van der Waals surface area contributed by atoms with E-state index in [-0.39, 0.29) is 30.3 Å². The zero-order chi connectivity index (χ0) is 20.9. The molecule has 0 saturated heterocycles. The predicted octanol–water partition coefficient (Wildman–Crippen LogP) is 4.38. The number of nitrogens with one attached hydrogen (secondary N) is 1. The topological polar surface area (TPSA) is 69.0 Å². The van der Waals surface area contributed by atoms with Crippen LogP contribution in [0.2, 0.25) is 0 Å². The van der Waals surface area contributed by atoms with Crippen molar-refractivity contribution in [3.8, 4) is 5.88 Å². The number of halogens is 2. The molecular formula is C21H22F2N4O2S. The van der Waals surface area contributed by atoms with Crippen LogP contribution in [0.5, 0.6) is 5.88 Å². The Labute approximate surface area is 177 Å². The molecule has 0 radical (unpaired) electrons. The van der Waals surface area contributed by atoms with E-state index < -0.39 is 5.76 Å². The Morgan fingerprint density at radius 3 is 2.83 bits per heavy atom. The summed E-state index contributed by atoms with van der Waals surface area (Å²) in [5.74, 6) is -2.38. The molecule has 1 fully saturated rings. The third kappa shape index (κ3) is 4.89. The molecular weight excluding hydrogens is 410 g/mol. The summed E-state index contributed by atoms with van der Waals surface area (Å²) in [7, 11) is 0. The van der Waals surface area contributed by atoms with Gasteiger partial charge in [-0.25, -0.2) is 9.97 Å². The lowest BCUT2D eigenvalue weighted by Gasteiger charge is -2.15. The molecule has 4 rings (SSSR count). The molecule has 1 aliphatic rings. The molecule has 0 spiro atoms. The van der Waals surface area contributed by atoms with Gasteiger partial charge in [0.15, 0.2) is 5.16 Å². The van der Waals surface area contributed by atoms with Crippen LogP contribution in [0.1, 0.15) is 31.2 Å². The molecule has 3 aromatic rings. The van der Waals surface area contributed by atoms with Crippen LogP contribution in [0.4, 0.5) is 8.78 Å². The number of carbonyl (C=O) groups excluding carboxylic acids is 1. The van der Waals surface area contributed by atoms with Gasteiger partial charge in [0.1, 0.15) is 12.6 Å². The second kappa shape index (κ2) is 9.42. The SMILES string of the molecule is O=C(Cn1c(SC(F)F)nc2ccccc21)NCc1cccnc1OC1CCCC1. The molecule has 1 N–H and O–H groups in total. The molecule has 30 heavy (non-hydrogen) atoms. The Kier molecular flexibility index (Phi) is 6.47. The van der Waals surface area contributed by atoms with Crippen LogP contribution in [-0.2, 0) is 17.9 Å². The van der Waals surface area contributed by atoms with Crippen molar-refractivity contribution in [3.05, 3.63) is 48.2 Å². The first-order valence-corrected chi connectivity index (χ1v) is 10.8. The van der Waals surface area contributed by atoms with Gasteiger partial charge in [-0.1, -0.05) is 18.2 Å². The van der Waals surface area contributed by atoms with E-state index in [1.54, 1.807) is 36.5 Å². The molecule has 1 amide bonds. The Bertz CT molecular complexity index is 1020. The summed E-state index contributed by atoms with van der Waals surface area (Å²) in [6, 6.07) is 10.7. The normalized spacial score (nSPS) is 14.5. The minimum atomic E-state index is -2.62. The van der Waals surface area contributed by atoms with Crippen LogP contribution in [0, 0.1) is 0 Å². The number of hydrogen-bond acceptors (Lipinski definition) is 5. The lowest BCUT2D eigenvalue weighted by Crippen LogP contribution is -2.28. The number of nitrogens with zero attached hydrogens (tertiary/aromatic N) is 3. The minimum absolute atomic E-state index is 0.103. The summed E-state index contributed by atoms with van der Waals surface area (Å²) in [4.78, 5) is 21.1. The molecule has 6 nitrogen and oxygen atoms in total. The molecule has 1 aliphatic carbocycles. The van der Waals surface area contributed by atoms with Crippen LogP contribution in [-0.4, -0.2) is 32.3 Å². The molecule has 2 aromatic heterocycles. The number of amides is 1. The van der Waals surface area contributed by atoms with Crippen LogP contribution in [0.25, 0.3) is 11.0 Å². The number of ether oxygens (including phenoxy) is 1. The van der Waals surface area contributed by atoms with Gasteiger partial charge in [-0.05, 0) is 55.6 Å². The van der Waals surface area contributed by atoms with Crippen LogP contribution < -0.4 is 10.1 Å². The predicted molar refractivity (Wildman–Crippen MR) is 111 cm³/mol. The largest absolute Gasteiger partial charge is 0.474 e. The summed E-state index contributed by atoms with van der Waals surface area (Å²) >= 11 is 0.336. The van der Waals surface area contributed by atoms with E-state index >= 15 is 0 Å². The van der Waals surface area contributed by atoms with Crippen molar-refractivity contribution in [1.82, 2.24) is 19.9 Å². The molecule has 0 unspecified atom stereocenters. The molecule has 0 bridgehead atoms. The van der Waals surface area contributed by atoms with Gasteiger partial charge in [0.05, 0.1) is 11.0 Å². The summed E-state index contributed by atoms with van der Waals surface area (Å²) in [5, 5.41) is 2.96. The maximum Gasteiger partial charge on any atom is 0.291 e. The van der Waals surface area contributed by atoms with Crippen molar-refractivity contribution < 1.29 is 18.3 Å². The standard InChI is InChI=1S/C21H22F2N4O2S/c22-20(23)30-21-26-16-9-3-4-10-17(16)27(21)13-18(28)25-12-14-6-5-11-24-19(14)29-15-7-1-2-8-15/h3-6,9-11,15,20H,1-2,7-8,12-13H2,(H,25,28). The van der Waals surface area contributed by atoms with E-state index in [9.17, 15) is 13.6 Å². The average molecular weight is 432 g/mol. The zero-order valence-electron chi connectivity index (χ0n) is 16.3. The number of hydrogen-bond donors (Lipinski definition) is 1. The molecule has 2 heterocycles. The van der Waals surface area contributed by atoms with E-state index in [2.05, 4.69) is 15.3 Å². The molecule has 1 saturated carbocycles. The highest BCUT2D eigenvalue weighted by atomic mass is 32.2. The molecule has 158 valence electrons. The third-order valence-electron chi connectivity index (χ3n) is 5.02. The Morgan fingerprint density at radius 1 is 1.23 bits per heavy atom.